The summed E-state index contributed by atoms with van der Waals surface area (Å²) in [5, 5.41) is 18.1. The third kappa shape index (κ3) is 9.38. The van der Waals surface area contributed by atoms with Crippen LogP contribution in [0.2, 0.25) is 0 Å². The zero-order valence-corrected chi connectivity index (χ0v) is 26.1. The van der Waals surface area contributed by atoms with Crippen molar-refractivity contribution in [2.24, 2.45) is 11.3 Å². The Bertz CT molecular complexity index is 1140. The number of rotatable bonds is 13. The Kier molecular flexibility index (Phi) is 12.3. The molecule has 3 N–H and O–H groups in total. The van der Waals surface area contributed by atoms with E-state index in [0.717, 1.165) is 25.9 Å². The van der Waals surface area contributed by atoms with Gasteiger partial charge >= 0.3 is 6.09 Å². The SMILES string of the molecule is CCCN(CCC)[C@@H]1C[C@@H](C(=O)NC(C#N)C[C@@H]2CCNC2=O)N(C(=O)[C@@H](NC(=O)OCc2cccnc2)C(C)(C)C)C1. The molecule has 4 amide bonds. The zero-order chi connectivity index (χ0) is 31.6. The lowest BCUT2D eigenvalue weighted by Crippen LogP contribution is -2.58. The van der Waals surface area contributed by atoms with Gasteiger partial charge in [0.25, 0.3) is 0 Å². The number of hydrogen-bond acceptors (Lipinski definition) is 8. The van der Waals surface area contributed by atoms with E-state index in [1.807, 2.05) is 20.8 Å². The van der Waals surface area contributed by atoms with Gasteiger partial charge in [-0.15, -0.1) is 0 Å². The maximum absolute atomic E-state index is 14.2. The van der Waals surface area contributed by atoms with E-state index in [9.17, 15) is 24.4 Å². The first kappa shape index (κ1) is 33.8. The highest BCUT2D eigenvalue weighted by Crippen LogP contribution is 2.29. The van der Waals surface area contributed by atoms with Crippen LogP contribution < -0.4 is 16.0 Å². The molecule has 2 saturated heterocycles. The number of carbonyl (C=O) groups is 4. The number of hydrogen-bond donors (Lipinski definition) is 3. The number of aromatic nitrogens is 1. The van der Waals surface area contributed by atoms with Gasteiger partial charge < -0.3 is 25.6 Å². The van der Waals surface area contributed by atoms with Crippen LogP contribution in [0.5, 0.6) is 0 Å². The third-order valence-electron chi connectivity index (χ3n) is 8.03. The monoisotopic (exact) mass is 597 g/mol. The van der Waals surface area contributed by atoms with Gasteiger partial charge in [0.2, 0.25) is 17.7 Å². The van der Waals surface area contributed by atoms with E-state index in [1.54, 1.807) is 29.4 Å². The van der Waals surface area contributed by atoms with Gasteiger partial charge in [0.05, 0.1) is 6.07 Å². The summed E-state index contributed by atoms with van der Waals surface area (Å²) in [6.45, 7) is 12.3. The van der Waals surface area contributed by atoms with Gasteiger partial charge in [-0.05, 0) is 56.7 Å². The molecule has 0 saturated carbocycles. The Morgan fingerprint density at radius 3 is 2.51 bits per heavy atom. The lowest BCUT2D eigenvalue weighted by atomic mass is 9.85. The Labute approximate surface area is 254 Å². The Balaban J connectivity index is 1.80. The van der Waals surface area contributed by atoms with Gasteiger partial charge in [0.15, 0.2) is 0 Å². The summed E-state index contributed by atoms with van der Waals surface area (Å²) in [5.41, 5.74) is 0.0191. The smallest absolute Gasteiger partial charge is 0.408 e. The molecule has 0 spiro atoms. The zero-order valence-electron chi connectivity index (χ0n) is 26.1. The molecule has 0 bridgehead atoms. The van der Waals surface area contributed by atoms with Crippen molar-refractivity contribution in [2.75, 3.05) is 26.2 Å². The van der Waals surface area contributed by atoms with E-state index in [0.29, 0.717) is 31.5 Å². The summed E-state index contributed by atoms with van der Waals surface area (Å²) in [6.07, 6.45) is 5.56. The molecule has 12 heteroatoms. The molecular weight excluding hydrogens is 550 g/mol. The van der Waals surface area contributed by atoms with Crippen LogP contribution in [0.3, 0.4) is 0 Å². The molecule has 236 valence electrons. The topological polar surface area (TPSA) is 157 Å². The first-order chi connectivity index (χ1) is 20.5. The largest absolute Gasteiger partial charge is 0.445 e. The molecule has 0 aliphatic carbocycles. The number of nitriles is 1. The second-order valence-electron chi connectivity index (χ2n) is 12.5. The highest BCUT2D eigenvalue weighted by atomic mass is 16.5. The van der Waals surface area contributed by atoms with Crippen molar-refractivity contribution in [3.63, 3.8) is 0 Å². The molecule has 3 rings (SSSR count). The van der Waals surface area contributed by atoms with Crippen molar-refractivity contribution in [3.05, 3.63) is 30.1 Å². The van der Waals surface area contributed by atoms with Crippen LogP contribution in [0.15, 0.2) is 24.5 Å². The summed E-state index contributed by atoms with van der Waals surface area (Å²) in [5.74, 6) is -1.27. The fourth-order valence-corrected chi connectivity index (χ4v) is 5.79. The number of alkyl carbamates (subject to hydrolysis) is 1. The van der Waals surface area contributed by atoms with Crippen LogP contribution >= 0.6 is 0 Å². The maximum Gasteiger partial charge on any atom is 0.408 e. The molecule has 43 heavy (non-hydrogen) atoms. The second-order valence-corrected chi connectivity index (χ2v) is 12.5. The summed E-state index contributed by atoms with van der Waals surface area (Å²) in [4.78, 5) is 60.8. The average Bonchev–Trinajstić information content (AvgIpc) is 3.60. The maximum atomic E-state index is 14.2. The number of carbonyl (C=O) groups excluding carboxylic acids is 4. The number of likely N-dealkylation sites (tertiary alicyclic amines) is 1. The Morgan fingerprint density at radius 1 is 1.23 bits per heavy atom. The van der Waals surface area contributed by atoms with Crippen molar-refractivity contribution < 1.29 is 23.9 Å². The molecule has 1 unspecified atom stereocenters. The van der Waals surface area contributed by atoms with Crippen molar-refractivity contribution in [1.82, 2.24) is 30.7 Å². The van der Waals surface area contributed by atoms with Crippen LogP contribution in [0.1, 0.15) is 72.3 Å². The Hall–Kier alpha value is -3.72. The van der Waals surface area contributed by atoms with Crippen molar-refractivity contribution >= 4 is 23.8 Å². The molecule has 3 heterocycles. The summed E-state index contributed by atoms with van der Waals surface area (Å²) in [6, 6.07) is 2.92. The van der Waals surface area contributed by atoms with Crippen LogP contribution in [0.25, 0.3) is 0 Å². The minimum Gasteiger partial charge on any atom is -0.445 e. The quantitative estimate of drug-likeness (QED) is 0.313. The fourth-order valence-electron chi connectivity index (χ4n) is 5.79. The molecule has 0 radical (unpaired) electrons. The van der Waals surface area contributed by atoms with Gasteiger partial charge in [-0.2, -0.15) is 5.26 Å². The first-order valence-corrected chi connectivity index (χ1v) is 15.3. The summed E-state index contributed by atoms with van der Waals surface area (Å²) < 4.78 is 5.39. The summed E-state index contributed by atoms with van der Waals surface area (Å²) >= 11 is 0. The van der Waals surface area contributed by atoms with Crippen molar-refractivity contribution in [2.45, 2.75) is 97.5 Å². The van der Waals surface area contributed by atoms with Crippen molar-refractivity contribution in [3.8, 4) is 6.07 Å². The molecule has 2 aliphatic heterocycles. The average molecular weight is 598 g/mol. The van der Waals surface area contributed by atoms with E-state index in [-0.39, 0.29) is 36.8 Å². The highest BCUT2D eigenvalue weighted by Gasteiger charge is 2.46. The van der Waals surface area contributed by atoms with Crippen LogP contribution in [-0.2, 0) is 25.7 Å². The molecular formula is C31H47N7O5. The predicted octanol–water partition coefficient (Wildman–Crippen LogP) is 2.35. The van der Waals surface area contributed by atoms with Crippen molar-refractivity contribution in [1.29, 1.82) is 5.26 Å². The molecule has 5 atom stereocenters. The predicted molar refractivity (Wildman–Crippen MR) is 160 cm³/mol. The van der Waals surface area contributed by atoms with E-state index >= 15 is 0 Å². The lowest BCUT2D eigenvalue weighted by Gasteiger charge is -2.35. The van der Waals surface area contributed by atoms with Crippen LogP contribution in [-0.4, -0.2) is 88.9 Å². The van der Waals surface area contributed by atoms with Gasteiger partial charge in [-0.1, -0.05) is 40.7 Å². The normalized spacial score (nSPS) is 21.6. The van der Waals surface area contributed by atoms with Gasteiger partial charge in [-0.25, -0.2) is 4.79 Å². The number of nitrogens with one attached hydrogen (secondary N) is 3. The standard InChI is InChI=1S/C31H47N7O5/c1-6-13-37(14-7-2)24-16-25(28(40)35-23(17-32)15-22-10-12-34-27(22)39)38(19-24)29(41)26(31(3,4)5)36-30(42)43-20-21-9-8-11-33-18-21/h8-9,11,18,22-26H,6-7,10,12-16,19-20H2,1-5H3,(H,34,39)(H,35,40)(H,36,42)/t22-,23?,24+,25-,26+/m0/s1. The van der Waals surface area contributed by atoms with E-state index in [4.69, 9.17) is 4.74 Å². The number of nitrogens with zero attached hydrogens (tertiary/aromatic N) is 4. The molecule has 2 fully saturated rings. The first-order valence-electron chi connectivity index (χ1n) is 15.3. The van der Waals surface area contributed by atoms with E-state index < -0.39 is 35.5 Å². The molecule has 2 aliphatic rings. The van der Waals surface area contributed by atoms with Gasteiger partial charge in [0, 0.05) is 43.0 Å². The van der Waals surface area contributed by atoms with Crippen LogP contribution in [0, 0.1) is 22.7 Å². The van der Waals surface area contributed by atoms with Crippen LogP contribution in [0.4, 0.5) is 4.79 Å². The highest BCUT2D eigenvalue weighted by molar-refractivity contribution is 5.92. The number of amides is 4. The van der Waals surface area contributed by atoms with E-state index in [2.05, 4.69) is 45.8 Å². The minimum atomic E-state index is -0.970. The molecule has 0 aromatic carbocycles. The van der Waals surface area contributed by atoms with Gasteiger partial charge in [0.1, 0.15) is 24.7 Å². The Morgan fingerprint density at radius 2 is 1.95 bits per heavy atom. The second kappa shape index (κ2) is 15.7. The number of ether oxygens (including phenoxy) is 1. The third-order valence-corrected chi connectivity index (χ3v) is 8.03. The lowest BCUT2D eigenvalue weighted by molar-refractivity contribution is -0.142. The molecule has 1 aromatic rings. The minimum absolute atomic E-state index is 0.000886. The summed E-state index contributed by atoms with van der Waals surface area (Å²) in [7, 11) is 0. The number of pyridine rings is 1. The molecule has 12 nitrogen and oxygen atoms in total. The fraction of sp³-hybridized carbons (Fsp3) is 0.677. The molecule has 1 aromatic heterocycles. The van der Waals surface area contributed by atoms with Gasteiger partial charge in [-0.3, -0.25) is 24.3 Å². The van der Waals surface area contributed by atoms with E-state index in [1.165, 1.54) is 0 Å².